The van der Waals surface area contributed by atoms with Crippen LogP contribution in [0.5, 0.6) is 5.75 Å². The molecule has 1 unspecified atom stereocenters. The number of rotatable bonds is 5. The SMILES string of the molecule is COc1ccccc1COC(=O)C1=C(C)NC(=O)CC1c1ccc(Cl)cc1. The van der Waals surface area contributed by atoms with Crippen LogP contribution in [0, 0.1) is 0 Å². The summed E-state index contributed by atoms with van der Waals surface area (Å²) in [6.45, 7) is 1.79. The Labute approximate surface area is 162 Å². The van der Waals surface area contributed by atoms with Crippen molar-refractivity contribution in [3.63, 3.8) is 0 Å². The number of methoxy groups -OCH3 is 1. The maximum Gasteiger partial charge on any atom is 0.336 e. The molecule has 1 heterocycles. The number of hydrogen-bond acceptors (Lipinski definition) is 4. The van der Waals surface area contributed by atoms with E-state index >= 15 is 0 Å². The molecule has 140 valence electrons. The van der Waals surface area contributed by atoms with Gasteiger partial charge in [-0.3, -0.25) is 4.79 Å². The highest BCUT2D eigenvalue weighted by Gasteiger charge is 2.32. The third-order valence-corrected chi connectivity index (χ3v) is 4.76. The van der Waals surface area contributed by atoms with Crippen LogP contribution in [-0.4, -0.2) is 19.0 Å². The highest BCUT2D eigenvalue weighted by molar-refractivity contribution is 6.30. The molecule has 0 aromatic heterocycles. The van der Waals surface area contributed by atoms with Crippen molar-refractivity contribution in [2.24, 2.45) is 0 Å². The van der Waals surface area contributed by atoms with Crippen LogP contribution in [0.2, 0.25) is 5.02 Å². The van der Waals surface area contributed by atoms with Gasteiger partial charge in [-0.2, -0.15) is 0 Å². The van der Waals surface area contributed by atoms with E-state index in [4.69, 9.17) is 21.1 Å². The highest BCUT2D eigenvalue weighted by atomic mass is 35.5. The number of carbonyl (C=O) groups excluding carboxylic acids is 2. The molecule has 0 saturated heterocycles. The van der Waals surface area contributed by atoms with Crippen LogP contribution in [0.4, 0.5) is 0 Å². The quantitative estimate of drug-likeness (QED) is 0.791. The molecule has 0 bridgehead atoms. The zero-order chi connectivity index (χ0) is 19.4. The van der Waals surface area contributed by atoms with Gasteiger partial charge in [0.2, 0.25) is 5.91 Å². The molecule has 1 atom stereocenters. The van der Waals surface area contributed by atoms with E-state index in [9.17, 15) is 9.59 Å². The summed E-state index contributed by atoms with van der Waals surface area (Å²) in [5.41, 5.74) is 2.58. The summed E-state index contributed by atoms with van der Waals surface area (Å²) in [6.07, 6.45) is 0.179. The second kappa shape index (κ2) is 8.27. The van der Waals surface area contributed by atoms with E-state index < -0.39 is 5.97 Å². The second-order valence-corrected chi connectivity index (χ2v) is 6.72. The maximum atomic E-state index is 12.8. The monoisotopic (exact) mass is 385 g/mol. The molecule has 27 heavy (non-hydrogen) atoms. The first-order valence-corrected chi connectivity index (χ1v) is 8.92. The van der Waals surface area contributed by atoms with E-state index in [1.807, 2.05) is 36.4 Å². The van der Waals surface area contributed by atoms with Gasteiger partial charge in [-0.1, -0.05) is 41.9 Å². The van der Waals surface area contributed by atoms with Gasteiger partial charge in [-0.05, 0) is 30.7 Å². The smallest absolute Gasteiger partial charge is 0.336 e. The van der Waals surface area contributed by atoms with Crippen LogP contribution in [0.1, 0.15) is 30.4 Å². The number of amides is 1. The molecular weight excluding hydrogens is 366 g/mol. The van der Waals surface area contributed by atoms with Crippen molar-refractivity contribution < 1.29 is 19.1 Å². The Balaban J connectivity index is 1.84. The predicted molar refractivity (Wildman–Crippen MR) is 102 cm³/mol. The van der Waals surface area contributed by atoms with E-state index in [1.165, 1.54) is 0 Å². The highest BCUT2D eigenvalue weighted by Crippen LogP contribution is 2.34. The van der Waals surface area contributed by atoms with Crippen molar-refractivity contribution in [2.75, 3.05) is 7.11 Å². The molecule has 1 amide bonds. The molecule has 1 aliphatic rings. The zero-order valence-electron chi connectivity index (χ0n) is 15.1. The molecule has 6 heteroatoms. The first-order chi connectivity index (χ1) is 13.0. The van der Waals surface area contributed by atoms with E-state index in [1.54, 1.807) is 26.2 Å². The predicted octanol–water partition coefficient (Wildman–Crippen LogP) is 3.97. The molecule has 0 aliphatic carbocycles. The first-order valence-electron chi connectivity index (χ1n) is 8.54. The number of nitrogens with one attached hydrogen (secondary N) is 1. The van der Waals surface area contributed by atoms with E-state index in [0.29, 0.717) is 22.0 Å². The number of hydrogen-bond donors (Lipinski definition) is 1. The van der Waals surface area contributed by atoms with Gasteiger partial charge in [0.25, 0.3) is 0 Å². The van der Waals surface area contributed by atoms with Gasteiger partial charge < -0.3 is 14.8 Å². The Kier molecular flexibility index (Phi) is 5.81. The molecule has 0 fully saturated rings. The summed E-state index contributed by atoms with van der Waals surface area (Å²) in [4.78, 5) is 24.9. The Morgan fingerprint density at radius 1 is 1.19 bits per heavy atom. The maximum absolute atomic E-state index is 12.8. The molecule has 1 N–H and O–H groups in total. The van der Waals surface area contributed by atoms with Crippen molar-refractivity contribution in [3.8, 4) is 5.75 Å². The Hall–Kier alpha value is -2.79. The summed E-state index contributed by atoms with van der Waals surface area (Å²) < 4.78 is 10.8. The summed E-state index contributed by atoms with van der Waals surface area (Å²) in [7, 11) is 1.57. The molecule has 2 aromatic carbocycles. The summed E-state index contributed by atoms with van der Waals surface area (Å²) >= 11 is 5.96. The summed E-state index contributed by atoms with van der Waals surface area (Å²) in [5.74, 6) is -0.310. The lowest BCUT2D eigenvalue weighted by atomic mass is 9.84. The summed E-state index contributed by atoms with van der Waals surface area (Å²) in [6, 6.07) is 14.5. The lowest BCUT2D eigenvalue weighted by Crippen LogP contribution is -2.34. The summed E-state index contributed by atoms with van der Waals surface area (Å²) in [5, 5.41) is 3.33. The van der Waals surface area contributed by atoms with Crippen LogP contribution < -0.4 is 10.1 Å². The molecule has 0 spiro atoms. The molecule has 0 radical (unpaired) electrons. The van der Waals surface area contributed by atoms with Crippen molar-refractivity contribution >= 4 is 23.5 Å². The van der Waals surface area contributed by atoms with Crippen LogP contribution in [0.15, 0.2) is 59.8 Å². The van der Waals surface area contributed by atoms with E-state index in [-0.39, 0.29) is 24.9 Å². The molecule has 2 aromatic rings. The lowest BCUT2D eigenvalue weighted by Gasteiger charge is -2.26. The number of para-hydroxylation sites is 1. The fourth-order valence-corrected chi connectivity index (χ4v) is 3.32. The molecular formula is C21H20ClNO4. The fourth-order valence-electron chi connectivity index (χ4n) is 3.19. The van der Waals surface area contributed by atoms with Gasteiger partial charge in [0.1, 0.15) is 12.4 Å². The normalized spacial score (nSPS) is 16.7. The zero-order valence-corrected chi connectivity index (χ0v) is 15.9. The fraction of sp³-hybridized carbons (Fsp3) is 0.238. The number of carbonyl (C=O) groups is 2. The number of halogens is 1. The van der Waals surface area contributed by atoms with Gasteiger partial charge in [-0.25, -0.2) is 4.79 Å². The van der Waals surface area contributed by atoms with Crippen LogP contribution in [0.25, 0.3) is 0 Å². The molecule has 0 saturated carbocycles. The molecule has 1 aliphatic heterocycles. The third-order valence-electron chi connectivity index (χ3n) is 4.51. The minimum atomic E-state index is -0.460. The molecule has 5 nitrogen and oxygen atoms in total. The number of allylic oxidation sites excluding steroid dienone is 1. The largest absolute Gasteiger partial charge is 0.496 e. The van der Waals surface area contributed by atoms with Gasteiger partial charge >= 0.3 is 5.97 Å². The second-order valence-electron chi connectivity index (χ2n) is 6.28. The topological polar surface area (TPSA) is 64.6 Å². The van der Waals surface area contributed by atoms with Crippen LogP contribution in [-0.2, 0) is 20.9 Å². The van der Waals surface area contributed by atoms with Gasteiger partial charge in [-0.15, -0.1) is 0 Å². The van der Waals surface area contributed by atoms with Crippen molar-refractivity contribution in [1.82, 2.24) is 5.32 Å². The average molecular weight is 386 g/mol. The lowest BCUT2D eigenvalue weighted by molar-refractivity contribution is -0.141. The van der Waals surface area contributed by atoms with Crippen LogP contribution >= 0.6 is 11.6 Å². The van der Waals surface area contributed by atoms with Gasteiger partial charge in [0, 0.05) is 28.6 Å². The number of ether oxygens (including phenoxy) is 2. The van der Waals surface area contributed by atoms with Crippen LogP contribution in [0.3, 0.4) is 0 Å². The van der Waals surface area contributed by atoms with Crippen molar-refractivity contribution in [2.45, 2.75) is 25.9 Å². The minimum absolute atomic E-state index is 0.0842. The van der Waals surface area contributed by atoms with Gasteiger partial charge in [0.05, 0.1) is 12.7 Å². The minimum Gasteiger partial charge on any atom is -0.496 e. The molecule has 3 rings (SSSR count). The average Bonchev–Trinajstić information content (AvgIpc) is 2.66. The standard InChI is InChI=1S/C21H20ClNO4/c1-13-20(21(25)27-12-15-5-3-4-6-18(15)26-2)17(11-19(24)23-13)14-7-9-16(22)10-8-14/h3-10,17H,11-12H2,1-2H3,(H,23,24). The Morgan fingerprint density at radius 3 is 2.59 bits per heavy atom. The van der Waals surface area contributed by atoms with E-state index in [2.05, 4.69) is 5.32 Å². The Morgan fingerprint density at radius 2 is 1.89 bits per heavy atom. The third kappa shape index (κ3) is 4.31. The first kappa shape index (κ1) is 19.0. The van der Waals surface area contributed by atoms with E-state index in [0.717, 1.165) is 11.1 Å². The van der Waals surface area contributed by atoms with Crippen molar-refractivity contribution in [1.29, 1.82) is 0 Å². The number of benzene rings is 2. The van der Waals surface area contributed by atoms with Gasteiger partial charge in [0.15, 0.2) is 0 Å². The van der Waals surface area contributed by atoms with Crippen molar-refractivity contribution in [3.05, 3.63) is 76.0 Å². The Bertz CT molecular complexity index is 889. The number of esters is 1.